The van der Waals surface area contributed by atoms with Gasteiger partial charge in [0, 0.05) is 56.8 Å². The Bertz CT molecular complexity index is 991. The van der Waals surface area contributed by atoms with E-state index in [1.807, 2.05) is 0 Å². The van der Waals surface area contributed by atoms with Crippen molar-refractivity contribution in [3.8, 4) is 0 Å². The second-order valence-electron chi connectivity index (χ2n) is 6.69. The summed E-state index contributed by atoms with van der Waals surface area (Å²) in [5.74, 6) is 0.198. The van der Waals surface area contributed by atoms with Crippen LogP contribution in [-0.4, -0.2) is 39.7 Å². The standard InChI is InChI=1S/C19H23N5O2/c1-26-9-8-24-11-13(14-4-2-3-5-17(14)24)10-23-7-6-16-15(12-23)18(25)22-19(20)21-16/h2-5,11H,6-10,12H2,1H3,(H3,20,21,22,25). The van der Waals surface area contributed by atoms with Crippen LogP contribution < -0.4 is 11.3 Å². The van der Waals surface area contributed by atoms with Crippen LogP contribution in [0.3, 0.4) is 0 Å². The number of aromatic nitrogens is 3. The summed E-state index contributed by atoms with van der Waals surface area (Å²) < 4.78 is 7.47. The zero-order valence-electron chi connectivity index (χ0n) is 14.9. The molecule has 2 aromatic heterocycles. The number of nitrogens with two attached hydrogens (primary N) is 1. The Kier molecular flexibility index (Phi) is 4.48. The van der Waals surface area contributed by atoms with E-state index in [0.29, 0.717) is 13.2 Å². The van der Waals surface area contributed by atoms with Gasteiger partial charge in [-0.3, -0.25) is 14.7 Å². The van der Waals surface area contributed by atoms with E-state index < -0.39 is 0 Å². The Balaban J connectivity index is 1.61. The number of para-hydroxylation sites is 1. The van der Waals surface area contributed by atoms with E-state index >= 15 is 0 Å². The number of rotatable bonds is 5. The van der Waals surface area contributed by atoms with E-state index in [1.54, 1.807) is 7.11 Å². The first kappa shape index (κ1) is 16.8. The fourth-order valence-corrected chi connectivity index (χ4v) is 3.70. The lowest BCUT2D eigenvalue weighted by Gasteiger charge is -2.27. The number of aromatic amines is 1. The third kappa shape index (κ3) is 3.11. The van der Waals surface area contributed by atoms with E-state index in [9.17, 15) is 4.79 Å². The molecule has 3 N–H and O–H groups in total. The molecule has 0 aliphatic carbocycles. The molecule has 3 heterocycles. The minimum atomic E-state index is -0.125. The molecule has 1 aliphatic rings. The van der Waals surface area contributed by atoms with E-state index in [1.165, 1.54) is 16.5 Å². The monoisotopic (exact) mass is 353 g/mol. The van der Waals surface area contributed by atoms with Crippen molar-refractivity contribution in [2.24, 2.45) is 0 Å². The van der Waals surface area contributed by atoms with Gasteiger partial charge < -0.3 is 15.0 Å². The molecule has 3 aromatic rings. The van der Waals surface area contributed by atoms with Crippen LogP contribution in [0.1, 0.15) is 16.8 Å². The molecule has 136 valence electrons. The Labute approximate surface area is 151 Å². The number of nitrogens with zero attached hydrogens (tertiary/aromatic N) is 3. The zero-order valence-corrected chi connectivity index (χ0v) is 14.9. The van der Waals surface area contributed by atoms with Crippen LogP contribution in [0.25, 0.3) is 10.9 Å². The number of nitrogen functional groups attached to an aromatic ring is 1. The average Bonchev–Trinajstić information content (AvgIpc) is 2.98. The summed E-state index contributed by atoms with van der Waals surface area (Å²) in [4.78, 5) is 21.4. The lowest BCUT2D eigenvalue weighted by Crippen LogP contribution is -2.35. The summed E-state index contributed by atoms with van der Waals surface area (Å²) >= 11 is 0. The van der Waals surface area contributed by atoms with Crippen molar-refractivity contribution in [1.82, 2.24) is 19.4 Å². The van der Waals surface area contributed by atoms with Crippen molar-refractivity contribution < 1.29 is 4.74 Å². The quantitative estimate of drug-likeness (QED) is 0.726. The molecule has 1 aromatic carbocycles. The molecule has 4 rings (SSSR count). The van der Waals surface area contributed by atoms with Gasteiger partial charge in [-0.05, 0) is 11.6 Å². The molecular formula is C19H23N5O2. The van der Waals surface area contributed by atoms with Crippen LogP contribution in [0.5, 0.6) is 0 Å². The molecule has 0 saturated heterocycles. The largest absolute Gasteiger partial charge is 0.383 e. The minimum absolute atomic E-state index is 0.125. The van der Waals surface area contributed by atoms with Gasteiger partial charge in [0.1, 0.15) is 0 Å². The van der Waals surface area contributed by atoms with Crippen molar-refractivity contribution >= 4 is 16.9 Å². The molecule has 0 saturated carbocycles. The molecular weight excluding hydrogens is 330 g/mol. The van der Waals surface area contributed by atoms with Crippen LogP contribution in [0.4, 0.5) is 5.95 Å². The van der Waals surface area contributed by atoms with Gasteiger partial charge in [-0.2, -0.15) is 0 Å². The predicted octanol–water partition coefficient (Wildman–Crippen LogP) is 1.51. The van der Waals surface area contributed by atoms with Gasteiger partial charge >= 0.3 is 0 Å². The molecule has 0 atom stereocenters. The number of hydrogen-bond donors (Lipinski definition) is 2. The first-order valence-electron chi connectivity index (χ1n) is 8.81. The first-order chi connectivity index (χ1) is 12.7. The molecule has 7 heteroatoms. The van der Waals surface area contributed by atoms with Gasteiger partial charge in [0.2, 0.25) is 5.95 Å². The number of benzene rings is 1. The average molecular weight is 353 g/mol. The maximum absolute atomic E-state index is 12.2. The van der Waals surface area contributed by atoms with Crippen molar-refractivity contribution in [3.05, 3.63) is 57.6 Å². The normalized spacial score (nSPS) is 14.7. The molecule has 0 spiro atoms. The zero-order chi connectivity index (χ0) is 18.1. The summed E-state index contributed by atoms with van der Waals surface area (Å²) in [6, 6.07) is 8.41. The number of nitrogens with one attached hydrogen (secondary N) is 1. The Morgan fingerprint density at radius 1 is 1.35 bits per heavy atom. The fourth-order valence-electron chi connectivity index (χ4n) is 3.70. The Morgan fingerprint density at radius 2 is 2.19 bits per heavy atom. The number of hydrogen-bond acceptors (Lipinski definition) is 5. The molecule has 0 bridgehead atoms. The highest BCUT2D eigenvalue weighted by Crippen LogP contribution is 2.24. The first-order valence-corrected chi connectivity index (χ1v) is 8.81. The van der Waals surface area contributed by atoms with Gasteiger partial charge in [-0.25, -0.2) is 4.98 Å². The lowest BCUT2D eigenvalue weighted by molar-refractivity contribution is 0.188. The van der Waals surface area contributed by atoms with Crippen LogP contribution in [0.15, 0.2) is 35.3 Å². The molecule has 26 heavy (non-hydrogen) atoms. The summed E-state index contributed by atoms with van der Waals surface area (Å²) in [5.41, 5.74) is 9.56. The van der Waals surface area contributed by atoms with Crippen LogP contribution in [0, 0.1) is 0 Å². The highest BCUT2D eigenvalue weighted by molar-refractivity contribution is 5.83. The number of ether oxygens (including phenoxy) is 1. The number of methoxy groups -OCH3 is 1. The molecule has 0 radical (unpaired) electrons. The predicted molar refractivity (Wildman–Crippen MR) is 101 cm³/mol. The summed E-state index contributed by atoms with van der Waals surface area (Å²) in [6.45, 7) is 3.75. The van der Waals surface area contributed by atoms with Crippen molar-refractivity contribution in [2.45, 2.75) is 26.1 Å². The van der Waals surface area contributed by atoms with E-state index in [4.69, 9.17) is 10.5 Å². The van der Waals surface area contributed by atoms with E-state index in [0.717, 1.165) is 37.3 Å². The Hall–Kier alpha value is -2.64. The molecule has 0 unspecified atom stereocenters. The maximum Gasteiger partial charge on any atom is 0.257 e. The smallest absolute Gasteiger partial charge is 0.257 e. The van der Waals surface area contributed by atoms with E-state index in [2.05, 4.69) is 49.9 Å². The third-order valence-electron chi connectivity index (χ3n) is 4.97. The summed E-state index contributed by atoms with van der Waals surface area (Å²) in [6.07, 6.45) is 2.94. The second kappa shape index (κ2) is 6.93. The van der Waals surface area contributed by atoms with Crippen molar-refractivity contribution in [3.63, 3.8) is 0 Å². The van der Waals surface area contributed by atoms with Crippen LogP contribution in [-0.2, 0) is 30.8 Å². The lowest BCUT2D eigenvalue weighted by atomic mass is 10.1. The molecule has 1 aliphatic heterocycles. The fraction of sp³-hybridized carbons (Fsp3) is 0.368. The topological polar surface area (TPSA) is 89.2 Å². The highest BCUT2D eigenvalue weighted by Gasteiger charge is 2.22. The third-order valence-corrected chi connectivity index (χ3v) is 4.97. The van der Waals surface area contributed by atoms with Gasteiger partial charge in [0.05, 0.1) is 17.9 Å². The SMILES string of the molecule is COCCn1cc(CN2CCc3nc(N)[nH]c(=O)c3C2)c2ccccc21. The van der Waals surface area contributed by atoms with E-state index in [-0.39, 0.29) is 11.5 Å². The van der Waals surface area contributed by atoms with Gasteiger partial charge in [0.15, 0.2) is 0 Å². The van der Waals surface area contributed by atoms with Crippen LogP contribution in [0.2, 0.25) is 0 Å². The number of anilines is 1. The van der Waals surface area contributed by atoms with Gasteiger partial charge in [-0.1, -0.05) is 18.2 Å². The molecule has 0 amide bonds. The summed E-state index contributed by atoms with van der Waals surface area (Å²) in [5, 5.41) is 1.25. The molecule has 0 fully saturated rings. The van der Waals surface area contributed by atoms with Gasteiger partial charge in [0.25, 0.3) is 5.56 Å². The van der Waals surface area contributed by atoms with Crippen LogP contribution >= 0.6 is 0 Å². The number of fused-ring (bicyclic) bond motifs is 2. The Morgan fingerprint density at radius 3 is 3.04 bits per heavy atom. The molecule has 7 nitrogen and oxygen atoms in total. The van der Waals surface area contributed by atoms with Crippen molar-refractivity contribution in [2.75, 3.05) is 26.0 Å². The number of H-pyrrole nitrogens is 1. The summed E-state index contributed by atoms with van der Waals surface area (Å²) in [7, 11) is 1.72. The minimum Gasteiger partial charge on any atom is -0.383 e. The highest BCUT2D eigenvalue weighted by atomic mass is 16.5. The maximum atomic E-state index is 12.2. The van der Waals surface area contributed by atoms with Gasteiger partial charge in [-0.15, -0.1) is 0 Å². The second-order valence-corrected chi connectivity index (χ2v) is 6.69. The van der Waals surface area contributed by atoms with Crippen molar-refractivity contribution in [1.29, 1.82) is 0 Å².